The molecule has 3 aromatic carbocycles. The van der Waals surface area contributed by atoms with Crippen LogP contribution < -0.4 is 18.3 Å². The lowest BCUT2D eigenvalue weighted by molar-refractivity contribution is -0.385. The van der Waals surface area contributed by atoms with Gasteiger partial charge in [-0.1, -0.05) is 59.7 Å². The molecule has 0 saturated carbocycles. The van der Waals surface area contributed by atoms with Crippen molar-refractivity contribution in [3.05, 3.63) is 75.6 Å². The first-order valence-corrected chi connectivity index (χ1v) is 22.9. The Morgan fingerprint density at radius 2 is 1.52 bits per heavy atom. The molecular formula is C37H49FN4O6Si2. The minimum atomic E-state index is -2.41. The van der Waals surface area contributed by atoms with E-state index in [2.05, 4.69) is 85.9 Å². The Morgan fingerprint density at radius 3 is 2.12 bits per heavy atom. The van der Waals surface area contributed by atoms with Crippen LogP contribution in [-0.2, 0) is 13.0 Å². The number of hydrogen-bond acceptors (Lipinski definition) is 8. The third-order valence-electron chi connectivity index (χ3n) is 10.3. The van der Waals surface area contributed by atoms with Crippen molar-refractivity contribution >= 4 is 22.3 Å². The van der Waals surface area contributed by atoms with Crippen molar-refractivity contribution in [3.8, 4) is 45.5 Å². The molecule has 0 unspecified atom stereocenters. The van der Waals surface area contributed by atoms with Crippen LogP contribution in [0.5, 0.6) is 23.0 Å². The molecule has 5 rings (SSSR count). The van der Waals surface area contributed by atoms with Gasteiger partial charge in [0, 0.05) is 23.3 Å². The number of nitro groups is 1. The van der Waals surface area contributed by atoms with Gasteiger partial charge < -0.3 is 18.3 Å². The molecule has 50 heavy (non-hydrogen) atoms. The number of ether oxygens (including phenoxy) is 2. The van der Waals surface area contributed by atoms with E-state index in [0.717, 1.165) is 11.3 Å². The van der Waals surface area contributed by atoms with Gasteiger partial charge in [0.15, 0.2) is 11.5 Å². The maximum atomic E-state index is 15.3. The van der Waals surface area contributed by atoms with Crippen LogP contribution >= 0.6 is 0 Å². The smallest absolute Gasteiger partial charge is 0.277 e. The topological polar surface area (TPSA) is 111 Å². The van der Waals surface area contributed by atoms with Crippen LogP contribution in [0.15, 0.2) is 48.5 Å². The number of benzene rings is 3. The molecule has 0 radical (unpaired) electrons. The molecule has 13 heteroatoms. The zero-order valence-corrected chi connectivity index (χ0v) is 33.1. The lowest BCUT2D eigenvalue weighted by atomic mass is 9.99. The fourth-order valence-electron chi connectivity index (χ4n) is 5.21. The van der Waals surface area contributed by atoms with Crippen LogP contribution in [0, 0.1) is 15.9 Å². The van der Waals surface area contributed by atoms with Gasteiger partial charge >= 0.3 is 0 Å². The van der Waals surface area contributed by atoms with Crippen molar-refractivity contribution in [2.24, 2.45) is 0 Å². The molecule has 2 heterocycles. The summed E-state index contributed by atoms with van der Waals surface area (Å²) >= 11 is 0. The average molecular weight is 721 g/mol. The fraction of sp³-hybridized carbons (Fsp3) is 0.459. The maximum Gasteiger partial charge on any atom is 0.277 e. The maximum absolute atomic E-state index is 15.3. The normalized spacial score (nSPS) is 13.7. The molecule has 1 aliphatic heterocycles. The Hall–Kier alpha value is -4.24. The number of rotatable bonds is 10. The molecule has 0 saturated heterocycles. The Labute approximate surface area is 296 Å². The van der Waals surface area contributed by atoms with Crippen molar-refractivity contribution in [1.29, 1.82) is 0 Å². The Bertz CT molecular complexity index is 1910. The van der Waals surface area contributed by atoms with E-state index in [1.807, 2.05) is 24.3 Å². The van der Waals surface area contributed by atoms with Crippen LogP contribution in [-0.4, -0.2) is 49.8 Å². The molecule has 0 aliphatic carbocycles. The molecule has 0 spiro atoms. The Morgan fingerprint density at radius 1 is 0.900 bits per heavy atom. The number of halogens is 1. The summed E-state index contributed by atoms with van der Waals surface area (Å²) in [5, 5.41) is 21.0. The molecule has 1 aromatic heterocycles. The molecule has 1 aliphatic rings. The summed E-state index contributed by atoms with van der Waals surface area (Å²) in [4.78, 5) is 11.4. The minimum Gasteiger partial charge on any atom is -0.543 e. The summed E-state index contributed by atoms with van der Waals surface area (Å²) in [5.74, 6) is 1.85. The second-order valence-electron chi connectivity index (χ2n) is 15.8. The number of nitro benzene ring substituents is 1. The van der Waals surface area contributed by atoms with Crippen molar-refractivity contribution in [2.45, 2.75) is 97.7 Å². The monoisotopic (exact) mass is 720 g/mol. The molecular weight excluding hydrogens is 672 g/mol. The van der Waals surface area contributed by atoms with Crippen molar-refractivity contribution in [2.75, 3.05) is 13.2 Å². The summed E-state index contributed by atoms with van der Waals surface area (Å²) in [5.41, 5.74) is 2.94. The van der Waals surface area contributed by atoms with Gasteiger partial charge in [0.05, 0.1) is 22.7 Å². The SMILES string of the molecule is CCc1cc(-c2nnn(Cc3c(F)cccc3[N+](=O)[O-])c2-c2ccc3c(c2)OCCO3)c(O[Si](C)(C)C(C)(C)C)cc1O[Si](C)(C)C(C)(C)C. The quantitative estimate of drug-likeness (QED) is 0.0905. The zero-order valence-electron chi connectivity index (χ0n) is 31.1. The number of aromatic nitrogens is 3. The van der Waals surface area contributed by atoms with Gasteiger partial charge in [-0.2, -0.15) is 0 Å². The Kier molecular flexibility index (Phi) is 9.98. The predicted molar refractivity (Wildman–Crippen MR) is 199 cm³/mol. The van der Waals surface area contributed by atoms with Crippen LogP contribution in [0.25, 0.3) is 22.5 Å². The molecule has 0 N–H and O–H groups in total. The summed E-state index contributed by atoms with van der Waals surface area (Å²) in [6.07, 6.45) is 0.687. The first kappa shape index (κ1) is 37.0. The molecule has 0 amide bonds. The number of fused-ring (bicyclic) bond motifs is 1. The number of hydrogen-bond donors (Lipinski definition) is 0. The van der Waals surface area contributed by atoms with E-state index < -0.39 is 27.4 Å². The van der Waals surface area contributed by atoms with E-state index in [-0.39, 0.29) is 27.9 Å². The van der Waals surface area contributed by atoms with Gasteiger partial charge in [-0.15, -0.1) is 5.10 Å². The van der Waals surface area contributed by atoms with Crippen molar-refractivity contribution in [1.82, 2.24) is 15.0 Å². The van der Waals surface area contributed by atoms with Crippen molar-refractivity contribution < 1.29 is 27.6 Å². The third kappa shape index (κ3) is 7.29. The number of nitrogens with zero attached hydrogens (tertiary/aromatic N) is 4. The van der Waals surface area contributed by atoms with Crippen LogP contribution in [0.3, 0.4) is 0 Å². The summed E-state index contributed by atoms with van der Waals surface area (Å²) in [7, 11) is -4.65. The van der Waals surface area contributed by atoms with E-state index in [1.54, 1.807) is 0 Å². The van der Waals surface area contributed by atoms with E-state index in [0.29, 0.717) is 59.4 Å². The first-order valence-electron chi connectivity index (χ1n) is 17.0. The van der Waals surface area contributed by atoms with Crippen LogP contribution in [0.1, 0.15) is 59.6 Å². The van der Waals surface area contributed by atoms with E-state index in [9.17, 15) is 10.1 Å². The predicted octanol–water partition coefficient (Wildman–Crippen LogP) is 9.81. The van der Waals surface area contributed by atoms with E-state index >= 15 is 4.39 Å². The molecule has 4 aromatic rings. The fourth-order valence-corrected chi connectivity index (χ4v) is 7.28. The summed E-state index contributed by atoms with van der Waals surface area (Å²) in [6.45, 7) is 24.7. The highest BCUT2D eigenvalue weighted by Gasteiger charge is 2.42. The highest BCUT2D eigenvalue weighted by molar-refractivity contribution is 6.75. The standard InChI is InChI=1S/C37H49FN4O6Si2/c1-12-24-20-26(32(48-50(10,11)37(5,6)7)22-31(24)47-49(8,9)36(2,3)4)34-35(25-16-17-30-33(21-25)46-19-18-45-30)41(40-39-34)23-27-28(38)14-13-15-29(27)42(43)44/h13-17,20-22H,12,18-19,23H2,1-11H3. The summed E-state index contributed by atoms with van der Waals surface area (Å²) < 4.78 is 42.5. The minimum absolute atomic E-state index is 0.0272. The largest absolute Gasteiger partial charge is 0.543 e. The van der Waals surface area contributed by atoms with Gasteiger partial charge in [-0.05, 0) is 78.6 Å². The van der Waals surface area contributed by atoms with Gasteiger partial charge in [-0.25, -0.2) is 9.07 Å². The van der Waals surface area contributed by atoms with Gasteiger partial charge in [0.2, 0.25) is 8.32 Å². The van der Waals surface area contributed by atoms with Crippen molar-refractivity contribution in [3.63, 3.8) is 0 Å². The van der Waals surface area contributed by atoms with E-state index in [4.69, 9.17) is 23.4 Å². The highest BCUT2D eigenvalue weighted by Crippen LogP contribution is 2.47. The van der Waals surface area contributed by atoms with Gasteiger partial charge in [0.25, 0.3) is 14.0 Å². The molecule has 268 valence electrons. The average Bonchev–Trinajstić information content (AvgIpc) is 3.43. The lowest BCUT2D eigenvalue weighted by Gasteiger charge is -2.39. The molecule has 10 nitrogen and oxygen atoms in total. The zero-order chi connectivity index (χ0) is 36.8. The van der Waals surface area contributed by atoms with Crippen LogP contribution in [0.2, 0.25) is 36.3 Å². The van der Waals surface area contributed by atoms with E-state index in [1.165, 1.54) is 22.9 Å². The van der Waals surface area contributed by atoms with Gasteiger partial charge in [0.1, 0.15) is 36.2 Å². The highest BCUT2D eigenvalue weighted by atomic mass is 28.4. The van der Waals surface area contributed by atoms with Crippen LogP contribution in [0.4, 0.5) is 10.1 Å². The second kappa shape index (κ2) is 13.5. The first-order chi connectivity index (χ1) is 23.2. The molecule has 0 fully saturated rings. The second-order valence-corrected chi connectivity index (χ2v) is 25.3. The third-order valence-corrected chi connectivity index (χ3v) is 19.0. The number of aryl methyl sites for hydroxylation is 1. The van der Waals surface area contributed by atoms with Gasteiger partial charge in [-0.3, -0.25) is 10.1 Å². The summed E-state index contributed by atoms with van der Waals surface area (Å²) in [6, 6.07) is 13.4. The molecule has 0 bridgehead atoms. The molecule has 0 atom stereocenters. The lowest BCUT2D eigenvalue weighted by Crippen LogP contribution is -2.44. The Balaban J connectivity index is 1.79.